The Morgan fingerprint density at radius 1 is 1.59 bits per heavy atom. The molecule has 0 heterocycles. The summed E-state index contributed by atoms with van der Waals surface area (Å²) in [4.78, 5) is 10.0. The third-order valence-electron chi connectivity index (χ3n) is 2.58. The van der Waals surface area contributed by atoms with Gasteiger partial charge in [0, 0.05) is 18.7 Å². The quantitative estimate of drug-likeness (QED) is 0.629. The Bertz CT molecular complexity index is 421. The lowest BCUT2D eigenvalue weighted by molar-refractivity contribution is -0.384. The van der Waals surface area contributed by atoms with Crippen LogP contribution in [0.4, 0.5) is 11.4 Å². The summed E-state index contributed by atoms with van der Waals surface area (Å²) in [6.45, 7) is 3.92. The van der Waals surface area contributed by atoms with Gasteiger partial charge in [0.15, 0.2) is 0 Å². The van der Waals surface area contributed by atoms with Crippen LogP contribution in [0.5, 0.6) is 0 Å². The van der Waals surface area contributed by atoms with Gasteiger partial charge in [-0.25, -0.2) is 0 Å². The van der Waals surface area contributed by atoms with Gasteiger partial charge in [0.2, 0.25) is 0 Å². The molecule has 0 aromatic heterocycles. The summed E-state index contributed by atoms with van der Waals surface area (Å²) >= 11 is 5.90. The molecule has 0 saturated heterocycles. The van der Waals surface area contributed by atoms with Crippen molar-refractivity contribution in [3.63, 3.8) is 0 Å². The zero-order valence-corrected chi connectivity index (χ0v) is 10.5. The maximum absolute atomic E-state index is 10.5. The van der Waals surface area contributed by atoms with E-state index in [2.05, 4.69) is 5.32 Å². The minimum atomic E-state index is -0.828. The molecular formula is C11H15ClN2O3. The predicted octanol–water partition coefficient (Wildman–Crippen LogP) is 2.82. The number of aliphatic hydroxyl groups is 1. The number of halogens is 1. The fraction of sp³-hybridized carbons (Fsp3) is 0.455. The predicted molar refractivity (Wildman–Crippen MR) is 67.5 cm³/mol. The molecule has 0 fully saturated rings. The molecule has 0 amide bonds. The Morgan fingerprint density at radius 3 is 2.71 bits per heavy atom. The molecule has 1 aromatic rings. The molecule has 17 heavy (non-hydrogen) atoms. The molecule has 0 aliphatic carbocycles. The minimum Gasteiger partial charge on any atom is -0.388 e. The van der Waals surface area contributed by atoms with Crippen LogP contribution in [0.15, 0.2) is 18.2 Å². The van der Waals surface area contributed by atoms with Crippen molar-refractivity contribution >= 4 is 23.0 Å². The van der Waals surface area contributed by atoms with Crippen LogP contribution in [0.1, 0.15) is 20.3 Å². The molecule has 0 saturated carbocycles. The second kappa shape index (κ2) is 5.33. The van der Waals surface area contributed by atoms with Gasteiger partial charge in [-0.15, -0.1) is 0 Å². The fourth-order valence-corrected chi connectivity index (χ4v) is 1.41. The molecule has 0 aliphatic rings. The molecule has 0 aliphatic heterocycles. The van der Waals surface area contributed by atoms with Crippen LogP contribution in [0, 0.1) is 10.1 Å². The van der Waals surface area contributed by atoms with Gasteiger partial charge in [0.05, 0.1) is 21.2 Å². The van der Waals surface area contributed by atoms with Gasteiger partial charge >= 0.3 is 0 Å². The topological polar surface area (TPSA) is 75.4 Å². The van der Waals surface area contributed by atoms with Crippen molar-refractivity contribution in [2.45, 2.75) is 25.9 Å². The first kappa shape index (κ1) is 13.7. The molecule has 0 bridgehead atoms. The first-order valence-corrected chi connectivity index (χ1v) is 5.64. The molecule has 0 spiro atoms. The lowest BCUT2D eigenvalue weighted by Crippen LogP contribution is -2.32. The first-order chi connectivity index (χ1) is 7.85. The van der Waals surface area contributed by atoms with E-state index in [0.717, 1.165) is 0 Å². The summed E-state index contributed by atoms with van der Waals surface area (Å²) in [5.41, 5.74) is -0.306. The third kappa shape index (κ3) is 3.87. The number of benzene rings is 1. The van der Waals surface area contributed by atoms with Gasteiger partial charge in [0.1, 0.15) is 0 Å². The molecular weight excluding hydrogens is 244 g/mol. The summed E-state index contributed by atoms with van der Waals surface area (Å²) in [6, 6.07) is 4.19. The van der Waals surface area contributed by atoms with Gasteiger partial charge in [0.25, 0.3) is 5.69 Å². The highest BCUT2D eigenvalue weighted by molar-refractivity contribution is 6.33. The average Bonchev–Trinajstić information content (AvgIpc) is 2.27. The van der Waals surface area contributed by atoms with Crippen molar-refractivity contribution in [1.29, 1.82) is 0 Å². The van der Waals surface area contributed by atoms with Gasteiger partial charge in [-0.3, -0.25) is 10.1 Å². The van der Waals surface area contributed by atoms with E-state index in [-0.39, 0.29) is 10.7 Å². The Balaban J connectivity index is 2.77. The first-order valence-electron chi connectivity index (χ1n) is 5.26. The summed E-state index contributed by atoms with van der Waals surface area (Å²) in [5.74, 6) is 0. The highest BCUT2D eigenvalue weighted by Crippen LogP contribution is 2.27. The highest BCUT2D eigenvalue weighted by Gasteiger charge is 2.18. The van der Waals surface area contributed by atoms with Crippen LogP contribution in [-0.4, -0.2) is 22.2 Å². The largest absolute Gasteiger partial charge is 0.388 e. The van der Waals surface area contributed by atoms with Crippen LogP contribution >= 0.6 is 11.6 Å². The van der Waals surface area contributed by atoms with E-state index in [1.807, 2.05) is 6.92 Å². The van der Waals surface area contributed by atoms with E-state index in [0.29, 0.717) is 18.7 Å². The second-order valence-electron chi connectivity index (χ2n) is 4.13. The van der Waals surface area contributed by atoms with Gasteiger partial charge in [-0.05, 0) is 19.4 Å². The number of rotatable bonds is 5. The zero-order chi connectivity index (χ0) is 13.1. The van der Waals surface area contributed by atoms with Crippen LogP contribution in [0.25, 0.3) is 0 Å². The monoisotopic (exact) mass is 258 g/mol. The van der Waals surface area contributed by atoms with Crippen LogP contribution < -0.4 is 5.32 Å². The molecule has 2 N–H and O–H groups in total. The van der Waals surface area contributed by atoms with E-state index in [1.165, 1.54) is 18.2 Å². The SMILES string of the molecule is CCC(C)(O)CNc1ccc([N+](=O)[O-])cc1Cl. The van der Waals surface area contributed by atoms with E-state index in [4.69, 9.17) is 11.6 Å². The van der Waals surface area contributed by atoms with Gasteiger partial charge in [-0.1, -0.05) is 18.5 Å². The second-order valence-corrected chi connectivity index (χ2v) is 4.53. The Morgan fingerprint density at radius 2 is 2.24 bits per heavy atom. The van der Waals surface area contributed by atoms with Crippen molar-refractivity contribution in [2.24, 2.45) is 0 Å². The zero-order valence-electron chi connectivity index (χ0n) is 9.74. The lowest BCUT2D eigenvalue weighted by Gasteiger charge is -2.22. The summed E-state index contributed by atoms with van der Waals surface area (Å²) in [7, 11) is 0. The molecule has 1 atom stereocenters. The highest BCUT2D eigenvalue weighted by atomic mass is 35.5. The Kier molecular flexibility index (Phi) is 4.31. The summed E-state index contributed by atoms with van der Waals surface area (Å²) < 4.78 is 0. The maximum Gasteiger partial charge on any atom is 0.271 e. The molecule has 6 heteroatoms. The maximum atomic E-state index is 10.5. The Labute approximate surface area is 105 Å². The molecule has 5 nitrogen and oxygen atoms in total. The normalized spacial score (nSPS) is 14.1. The van der Waals surface area contributed by atoms with Crippen molar-refractivity contribution < 1.29 is 10.0 Å². The molecule has 1 rings (SSSR count). The lowest BCUT2D eigenvalue weighted by atomic mass is 10.0. The van der Waals surface area contributed by atoms with Crippen molar-refractivity contribution in [2.75, 3.05) is 11.9 Å². The van der Waals surface area contributed by atoms with Crippen molar-refractivity contribution in [3.8, 4) is 0 Å². The van der Waals surface area contributed by atoms with Crippen LogP contribution in [-0.2, 0) is 0 Å². The number of non-ortho nitro benzene ring substituents is 1. The van der Waals surface area contributed by atoms with Crippen molar-refractivity contribution in [3.05, 3.63) is 33.3 Å². The van der Waals surface area contributed by atoms with E-state index < -0.39 is 10.5 Å². The van der Waals surface area contributed by atoms with E-state index in [1.54, 1.807) is 6.92 Å². The standard InChI is InChI=1S/C11H15ClN2O3/c1-3-11(2,15)7-13-10-5-4-8(14(16)17)6-9(10)12/h4-6,13,15H,3,7H2,1-2H3. The van der Waals surface area contributed by atoms with Gasteiger partial charge in [-0.2, -0.15) is 0 Å². The smallest absolute Gasteiger partial charge is 0.271 e. The number of anilines is 1. The summed E-state index contributed by atoms with van der Waals surface area (Å²) in [6.07, 6.45) is 0.602. The Hall–Kier alpha value is -1.33. The average molecular weight is 259 g/mol. The molecule has 94 valence electrons. The minimum absolute atomic E-state index is 0.0530. The molecule has 0 radical (unpaired) electrons. The summed E-state index contributed by atoms with van der Waals surface area (Å²) in [5, 5.41) is 23.6. The van der Waals surface area contributed by atoms with Crippen molar-refractivity contribution in [1.82, 2.24) is 0 Å². The number of nitro groups is 1. The number of hydrogen-bond acceptors (Lipinski definition) is 4. The molecule has 1 aromatic carbocycles. The number of hydrogen-bond donors (Lipinski definition) is 2. The fourth-order valence-electron chi connectivity index (χ4n) is 1.17. The van der Waals surface area contributed by atoms with E-state index in [9.17, 15) is 15.2 Å². The van der Waals surface area contributed by atoms with Crippen LogP contribution in [0.2, 0.25) is 5.02 Å². The number of nitro benzene ring substituents is 1. The number of nitrogens with zero attached hydrogens (tertiary/aromatic N) is 1. The third-order valence-corrected chi connectivity index (χ3v) is 2.90. The number of nitrogens with one attached hydrogen (secondary N) is 1. The molecule has 1 unspecified atom stereocenters. The van der Waals surface area contributed by atoms with Gasteiger partial charge < -0.3 is 10.4 Å². The van der Waals surface area contributed by atoms with E-state index >= 15 is 0 Å². The van der Waals surface area contributed by atoms with Crippen LogP contribution in [0.3, 0.4) is 0 Å².